The summed E-state index contributed by atoms with van der Waals surface area (Å²) in [6, 6.07) is 0. The van der Waals surface area contributed by atoms with E-state index in [0.29, 0.717) is 10.8 Å². The quantitative estimate of drug-likeness (QED) is 0.719. The minimum Gasteiger partial charge on any atom is -0.330 e. The van der Waals surface area contributed by atoms with E-state index in [1.54, 1.807) is 0 Å². The first-order valence-electron chi connectivity index (χ1n) is 6.22. The van der Waals surface area contributed by atoms with Crippen LogP contribution < -0.4 is 5.73 Å². The molecule has 0 spiro atoms. The summed E-state index contributed by atoms with van der Waals surface area (Å²) in [6.45, 7) is 8.23. The van der Waals surface area contributed by atoms with Crippen LogP contribution in [0, 0.1) is 22.7 Å². The van der Waals surface area contributed by atoms with E-state index in [-0.39, 0.29) is 0 Å². The fourth-order valence-electron chi connectivity index (χ4n) is 4.24. The zero-order chi connectivity index (χ0) is 10.4. The van der Waals surface area contributed by atoms with Gasteiger partial charge in [-0.2, -0.15) is 0 Å². The van der Waals surface area contributed by atoms with Crippen molar-refractivity contribution in [2.45, 2.75) is 52.9 Å². The van der Waals surface area contributed by atoms with Crippen LogP contribution in [0.4, 0.5) is 0 Å². The SMILES string of the molecule is CC1(C2C(CN)C2(C)C)CCCCC1. The summed E-state index contributed by atoms with van der Waals surface area (Å²) >= 11 is 0. The van der Waals surface area contributed by atoms with Crippen molar-refractivity contribution in [3.8, 4) is 0 Å². The predicted octanol–water partition coefficient (Wildman–Crippen LogP) is 3.19. The van der Waals surface area contributed by atoms with Crippen LogP contribution in [0.3, 0.4) is 0 Å². The molecule has 2 rings (SSSR count). The molecule has 2 atom stereocenters. The number of hydrogen-bond donors (Lipinski definition) is 1. The third-order valence-corrected chi connectivity index (χ3v) is 5.05. The fraction of sp³-hybridized carbons (Fsp3) is 1.00. The second kappa shape index (κ2) is 3.23. The lowest BCUT2D eigenvalue weighted by atomic mass is 9.70. The van der Waals surface area contributed by atoms with Crippen molar-refractivity contribution in [3.63, 3.8) is 0 Å². The topological polar surface area (TPSA) is 26.0 Å². The molecule has 2 unspecified atom stereocenters. The Balaban J connectivity index is 2.08. The van der Waals surface area contributed by atoms with Gasteiger partial charge in [-0.3, -0.25) is 0 Å². The molecule has 14 heavy (non-hydrogen) atoms. The summed E-state index contributed by atoms with van der Waals surface area (Å²) in [7, 11) is 0. The van der Waals surface area contributed by atoms with Gasteiger partial charge in [0, 0.05) is 0 Å². The van der Waals surface area contributed by atoms with Gasteiger partial charge in [0.25, 0.3) is 0 Å². The summed E-state index contributed by atoms with van der Waals surface area (Å²) in [6.07, 6.45) is 7.23. The molecule has 1 nitrogen and oxygen atoms in total. The van der Waals surface area contributed by atoms with Gasteiger partial charge in [0.15, 0.2) is 0 Å². The minimum atomic E-state index is 0.529. The largest absolute Gasteiger partial charge is 0.330 e. The summed E-state index contributed by atoms with van der Waals surface area (Å²) in [5, 5.41) is 0. The van der Waals surface area contributed by atoms with Gasteiger partial charge in [-0.1, -0.05) is 40.0 Å². The smallest absolute Gasteiger partial charge is 0.00406 e. The highest BCUT2D eigenvalue weighted by Gasteiger charge is 2.63. The predicted molar refractivity (Wildman–Crippen MR) is 61.0 cm³/mol. The van der Waals surface area contributed by atoms with Crippen molar-refractivity contribution in [3.05, 3.63) is 0 Å². The third kappa shape index (κ3) is 1.41. The first-order chi connectivity index (χ1) is 6.52. The molecule has 2 saturated carbocycles. The van der Waals surface area contributed by atoms with Gasteiger partial charge in [-0.15, -0.1) is 0 Å². The van der Waals surface area contributed by atoms with Crippen LogP contribution in [0.25, 0.3) is 0 Å². The standard InChI is InChI=1S/C13H25N/c1-12(2)10(9-14)11(12)13(3)7-5-4-6-8-13/h10-11H,4-9,14H2,1-3H3. The minimum absolute atomic E-state index is 0.529. The van der Waals surface area contributed by atoms with Crippen LogP contribution in [-0.2, 0) is 0 Å². The Morgan fingerprint density at radius 3 is 2.07 bits per heavy atom. The van der Waals surface area contributed by atoms with Crippen LogP contribution in [0.5, 0.6) is 0 Å². The molecular formula is C13H25N. The highest BCUT2D eigenvalue weighted by atomic mass is 14.7. The second-order valence-corrected chi connectivity index (χ2v) is 6.36. The van der Waals surface area contributed by atoms with Gasteiger partial charge in [0.05, 0.1) is 0 Å². The molecule has 0 aromatic carbocycles. The lowest BCUT2D eigenvalue weighted by molar-refractivity contribution is 0.154. The molecule has 2 N–H and O–H groups in total. The Bertz CT molecular complexity index is 213. The molecule has 1 heteroatoms. The first-order valence-corrected chi connectivity index (χ1v) is 6.22. The monoisotopic (exact) mass is 195 g/mol. The zero-order valence-electron chi connectivity index (χ0n) is 9.97. The van der Waals surface area contributed by atoms with E-state index < -0.39 is 0 Å². The zero-order valence-corrected chi connectivity index (χ0v) is 9.97. The lowest BCUT2D eigenvalue weighted by Crippen LogP contribution is -2.25. The van der Waals surface area contributed by atoms with E-state index >= 15 is 0 Å². The van der Waals surface area contributed by atoms with Gasteiger partial charge >= 0.3 is 0 Å². The summed E-state index contributed by atoms with van der Waals surface area (Å²) in [5.41, 5.74) is 7.01. The molecule has 0 bridgehead atoms. The molecule has 0 amide bonds. The molecule has 0 heterocycles. The van der Waals surface area contributed by atoms with Crippen molar-refractivity contribution in [2.75, 3.05) is 6.54 Å². The summed E-state index contributed by atoms with van der Waals surface area (Å²) in [5.74, 6) is 1.70. The van der Waals surface area contributed by atoms with Crippen LogP contribution >= 0.6 is 0 Å². The Labute approximate surface area is 88.4 Å². The van der Waals surface area contributed by atoms with Crippen LogP contribution in [-0.4, -0.2) is 6.54 Å². The number of nitrogens with two attached hydrogens (primary N) is 1. The van der Waals surface area contributed by atoms with E-state index in [9.17, 15) is 0 Å². The van der Waals surface area contributed by atoms with Gasteiger partial charge in [-0.25, -0.2) is 0 Å². The number of hydrogen-bond acceptors (Lipinski definition) is 1. The van der Waals surface area contributed by atoms with Crippen LogP contribution in [0.15, 0.2) is 0 Å². The maximum absolute atomic E-state index is 5.87. The lowest BCUT2D eigenvalue weighted by Gasteiger charge is -2.35. The Kier molecular flexibility index (Phi) is 2.42. The molecule has 82 valence electrons. The average molecular weight is 195 g/mol. The van der Waals surface area contributed by atoms with E-state index in [2.05, 4.69) is 20.8 Å². The van der Waals surface area contributed by atoms with Gasteiger partial charge in [0.2, 0.25) is 0 Å². The number of rotatable bonds is 2. The Hall–Kier alpha value is -0.0400. The molecule has 2 fully saturated rings. The van der Waals surface area contributed by atoms with Gasteiger partial charge in [0.1, 0.15) is 0 Å². The van der Waals surface area contributed by atoms with Crippen molar-refractivity contribution >= 4 is 0 Å². The summed E-state index contributed by atoms with van der Waals surface area (Å²) in [4.78, 5) is 0. The van der Waals surface area contributed by atoms with Gasteiger partial charge < -0.3 is 5.73 Å². The van der Waals surface area contributed by atoms with E-state index in [1.165, 1.54) is 32.1 Å². The first kappa shape index (κ1) is 10.5. The average Bonchev–Trinajstić information content (AvgIpc) is 2.70. The van der Waals surface area contributed by atoms with Crippen molar-refractivity contribution in [1.29, 1.82) is 0 Å². The molecule has 2 aliphatic carbocycles. The molecule has 2 aliphatic rings. The molecule has 0 aromatic rings. The highest BCUT2D eigenvalue weighted by molar-refractivity contribution is 5.12. The van der Waals surface area contributed by atoms with Crippen molar-refractivity contribution in [2.24, 2.45) is 28.4 Å². The second-order valence-electron chi connectivity index (χ2n) is 6.36. The molecule has 0 aliphatic heterocycles. The Morgan fingerprint density at radius 1 is 1.07 bits per heavy atom. The summed E-state index contributed by atoms with van der Waals surface area (Å²) < 4.78 is 0. The normalized spacial score (nSPS) is 39.4. The van der Waals surface area contributed by atoms with E-state index in [1.807, 2.05) is 0 Å². The van der Waals surface area contributed by atoms with Crippen molar-refractivity contribution in [1.82, 2.24) is 0 Å². The Morgan fingerprint density at radius 2 is 1.64 bits per heavy atom. The van der Waals surface area contributed by atoms with E-state index in [4.69, 9.17) is 5.73 Å². The highest BCUT2D eigenvalue weighted by Crippen LogP contribution is 2.68. The third-order valence-electron chi connectivity index (χ3n) is 5.05. The maximum Gasteiger partial charge on any atom is -0.00406 e. The van der Waals surface area contributed by atoms with Gasteiger partial charge in [-0.05, 0) is 42.1 Å². The molecule has 0 radical (unpaired) electrons. The molecule has 0 saturated heterocycles. The maximum atomic E-state index is 5.87. The fourth-order valence-corrected chi connectivity index (χ4v) is 4.24. The molecular weight excluding hydrogens is 170 g/mol. The van der Waals surface area contributed by atoms with Crippen LogP contribution in [0.2, 0.25) is 0 Å². The van der Waals surface area contributed by atoms with Crippen LogP contribution in [0.1, 0.15) is 52.9 Å². The van der Waals surface area contributed by atoms with E-state index in [0.717, 1.165) is 18.4 Å². The molecule has 0 aromatic heterocycles. The van der Waals surface area contributed by atoms with Crippen molar-refractivity contribution < 1.29 is 0 Å².